The first-order chi connectivity index (χ1) is 14.9. The fourth-order valence-corrected chi connectivity index (χ4v) is 5.10. The van der Waals surface area contributed by atoms with E-state index < -0.39 is 0 Å². The Morgan fingerprint density at radius 1 is 0.633 bits per heavy atom. The molecule has 0 amide bonds. The molecule has 0 spiro atoms. The normalized spacial score (nSPS) is 12.7. The lowest BCUT2D eigenvalue weighted by Crippen LogP contribution is -1.88. The van der Waals surface area contributed by atoms with E-state index in [0.717, 1.165) is 55.0 Å². The highest BCUT2D eigenvalue weighted by atomic mass is 16.3. The van der Waals surface area contributed by atoms with E-state index in [4.69, 9.17) is 14.4 Å². The molecule has 4 heterocycles. The van der Waals surface area contributed by atoms with Crippen LogP contribution in [0.15, 0.2) is 83.3 Å². The summed E-state index contributed by atoms with van der Waals surface area (Å²) in [6, 6.07) is 27.0. The van der Waals surface area contributed by atoms with Gasteiger partial charge in [0.2, 0.25) is 0 Å². The Morgan fingerprint density at radius 3 is 2.27 bits per heavy atom. The first kappa shape index (κ1) is 14.8. The van der Waals surface area contributed by atoms with Gasteiger partial charge in [0.1, 0.15) is 16.7 Å². The Bertz CT molecular complexity index is 1950. The SMILES string of the molecule is c1ccc2nc3c(nc2c1)c1cc2oc4ccccc4c2c2c4ccccc4n3c12. The zero-order valence-electron chi connectivity index (χ0n) is 15.8. The predicted molar refractivity (Wildman–Crippen MR) is 121 cm³/mol. The van der Waals surface area contributed by atoms with Gasteiger partial charge >= 0.3 is 0 Å². The third-order valence-electron chi connectivity index (χ3n) is 6.30. The smallest absolute Gasteiger partial charge is 0.165 e. The van der Waals surface area contributed by atoms with Gasteiger partial charge in [-0.1, -0.05) is 48.5 Å². The van der Waals surface area contributed by atoms with E-state index in [9.17, 15) is 0 Å². The molecule has 0 fully saturated rings. The summed E-state index contributed by atoms with van der Waals surface area (Å²) in [6.45, 7) is 0. The lowest BCUT2D eigenvalue weighted by Gasteiger charge is -2.00. The van der Waals surface area contributed by atoms with Gasteiger partial charge in [0.25, 0.3) is 0 Å². The summed E-state index contributed by atoms with van der Waals surface area (Å²) in [7, 11) is 0. The van der Waals surface area contributed by atoms with Crippen LogP contribution in [0.2, 0.25) is 0 Å². The van der Waals surface area contributed by atoms with Crippen LogP contribution in [-0.2, 0) is 0 Å². The molecule has 138 valence electrons. The van der Waals surface area contributed by atoms with Crippen LogP contribution in [0, 0.1) is 0 Å². The van der Waals surface area contributed by atoms with Crippen molar-refractivity contribution in [2.45, 2.75) is 0 Å². The molecule has 0 unspecified atom stereocenters. The fraction of sp³-hybridized carbons (Fsp3) is 0. The highest BCUT2D eigenvalue weighted by molar-refractivity contribution is 6.34. The van der Waals surface area contributed by atoms with Gasteiger partial charge in [0.15, 0.2) is 5.65 Å². The first-order valence-corrected chi connectivity index (χ1v) is 10.0. The number of nitrogens with zero attached hydrogens (tertiary/aromatic N) is 3. The predicted octanol–water partition coefficient (Wildman–Crippen LogP) is 6.68. The molecule has 8 rings (SSSR count). The molecule has 4 heteroatoms. The van der Waals surface area contributed by atoms with Gasteiger partial charge in [-0.05, 0) is 30.3 Å². The molecule has 4 aromatic heterocycles. The van der Waals surface area contributed by atoms with Crippen LogP contribution in [-0.4, -0.2) is 14.4 Å². The largest absolute Gasteiger partial charge is 0.456 e. The van der Waals surface area contributed by atoms with Crippen LogP contribution in [0.25, 0.3) is 71.3 Å². The van der Waals surface area contributed by atoms with Crippen molar-refractivity contribution in [3.63, 3.8) is 0 Å². The molecule has 30 heavy (non-hydrogen) atoms. The highest BCUT2D eigenvalue weighted by Gasteiger charge is 2.24. The summed E-state index contributed by atoms with van der Waals surface area (Å²) >= 11 is 0. The average molecular weight is 383 g/mol. The molecule has 0 saturated heterocycles. The second-order valence-electron chi connectivity index (χ2n) is 7.86. The minimum absolute atomic E-state index is 0.893. The van der Waals surface area contributed by atoms with Crippen LogP contribution < -0.4 is 0 Å². The fourth-order valence-electron chi connectivity index (χ4n) is 5.10. The Morgan fingerprint density at radius 2 is 1.37 bits per heavy atom. The number of para-hydroxylation sites is 4. The van der Waals surface area contributed by atoms with E-state index in [2.05, 4.69) is 46.9 Å². The number of furan rings is 1. The van der Waals surface area contributed by atoms with E-state index in [1.807, 2.05) is 36.4 Å². The Labute approximate surface area is 169 Å². The van der Waals surface area contributed by atoms with Gasteiger partial charge in [0.05, 0.1) is 22.1 Å². The van der Waals surface area contributed by atoms with Crippen LogP contribution in [0.5, 0.6) is 0 Å². The summed E-state index contributed by atoms with van der Waals surface area (Å²) in [4.78, 5) is 10.0. The molecule has 8 aromatic rings. The summed E-state index contributed by atoms with van der Waals surface area (Å²) in [6.07, 6.45) is 0. The van der Waals surface area contributed by atoms with Crippen molar-refractivity contribution in [3.8, 4) is 0 Å². The zero-order chi connectivity index (χ0) is 19.4. The lowest BCUT2D eigenvalue weighted by atomic mass is 10.0. The summed E-state index contributed by atoms with van der Waals surface area (Å²) in [5.74, 6) is 0. The third-order valence-corrected chi connectivity index (χ3v) is 6.30. The van der Waals surface area contributed by atoms with E-state index in [1.54, 1.807) is 0 Å². The molecule has 0 aliphatic rings. The molecule has 0 atom stereocenters. The average Bonchev–Trinajstić information content (AvgIpc) is 3.43. The number of hydrogen-bond acceptors (Lipinski definition) is 3. The van der Waals surface area contributed by atoms with E-state index in [-0.39, 0.29) is 0 Å². The molecule has 0 aliphatic heterocycles. The first-order valence-electron chi connectivity index (χ1n) is 10.0. The zero-order valence-corrected chi connectivity index (χ0v) is 15.8. The van der Waals surface area contributed by atoms with Gasteiger partial charge in [-0.2, -0.15) is 0 Å². The maximum Gasteiger partial charge on any atom is 0.165 e. The third kappa shape index (κ3) is 1.57. The van der Waals surface area contributed by atoms with E-state index in [1.165, 1.54) is 16.3 Å². The van der Waals surface area contributed by atoms with Gasteiger partial charge < -0.3 is 4.42 Å². The van der Waals surface area contributed by atoms with Crippen molar-refractivity contribution in [2.24, 2.45) is 0 Å². The Hall–Kier alpha value is -4.18. The Balaban J connectivity index is 1.79. The Kier molecular flexibility index (Phi) is 2.39. The highest BCUT2D eigenvalue weighted by Crippen LogP contribution is 2.45. The maximum absolute atomic E-state index is 6.29. The van der Waals surface area contributed by atoms with Gasteiger partial charge in [0, 0.05) is 26.9 Å². The summed E-state index contributed by atoms with van der Waals surface area (Å²) in [5, 5.41) is 5.82. The maximum atomic E-state index is 6.29. The quantitative estimate of drug-likeness (QED) is 0.293. The number of hydrogen-bond donors (Lipinski definition) is 0. The molecular formula is C26H13N3O. The van der Waals surface area contributed by atoms with Crippen molar-refractivity contribution >= 4 is 71.3 Å². The van der Waals surface area contributed by atoms with Crippen molar-refractivity contribution in [3.05, 3.63) is 78.9 Å². The lowest BCUT2D eigenvalue weighted by molar-refractivity contribution is 0.669. The van der Waals surface area contributed by atoms with Crippen LogP contribution in [0.1, 0.15) is 0 Å². The molecule has 4 nitrogen and oxygen atoms in total. The topological polar surface area (TPSA) is 43.3 Å². The van der Waals surface area contributed by atoms with Crippen molar-refractivity contribution < 1.29 is 4.42 Å². The van der Waals surface area contributed by atoms with E-state index >= 15 is 0 Å². The van der Waals surface area contributed by atoms with Crippen LogP contribution in [0.3, 0.4) is 0 Å². The molecule has 0 aliphatic carbocycles. The number of rotatable bonds is 0. The van der Waals surface area contributed by atoms with Crippen molar-refractivity contribution in [2.75, 3.05) is 0 Å². The van der Waals surface area contributed by atoms with Gasteiger partial charge in [-0.25, -0.2) is 9.97 Å². The second-order valence-corrected chi connectivity index (χ2v) is 7.86. The molecule has 0 saturated carbocycles. The van der Waals surface area contributed by atoms with Crippen molar-refractivity contribution in [1.29, 1.82) is 0 Å². The van der Waals surface area contributed by atoms with Gasteiger partial charge in [-0.15, -0.1) is 0 Å². The minimum atomic E-state index is 0.893. The number of aromatic nitrogens is 3. The van der Waals surface area contributed by atoms with Crippen LogP contribution >= 0.6 is 0 Å². The minimum Gasteiger partial charge on any atom is -0.456 e. The van der Waals surface area contributed by atoms with E-state index in [0.29, 0.717) is 0 Å². The summed E-state index contributed by atoms with van der Waals surface area (Å²) < 4.78 is 8.56. The molecule has 4 aromatic carbocycles. The summed E-state index contributed by atoms with van der Waals surface area (Å²) in [5.41, 5.74) is 7.75. The molecule has 0 radical (unpaired) electrons. The molecule has 0 bridgehead atoms. The van der Waals surface area contributed by atoms with Crippen LogP contribution in [0.4, 0.5) is 0 Å². The second kappa shape index (κ2) is 4.86. The molecule has 0 N–H and O–H groups in total. The molecular weight excluding hydrogens is 370 g/mol. The standard InChI is InChI=1S/C26H13N3O/c1-5-11-19-14(7-1)23-22-15-8-2-6-12-20(15)30-21(22)13-16-24-26(29(19)25(16)23)28-18-10-4-3-9-17(18)27-24/h1-13H. The van der Waals surface area contributed by atoms with Crippen molar-refractivity contribution in [1.82, 2.24) is 14.4 Å². The number of fused-ring (bicyclic) bond motifs is 11. The monoisotopic (exact) mass is 383 g/mol. The number of benzene rings is 4. The van der Waals surface area contributed by atoms with Gasteiger partial charge in [-0.3, -0.25) is 4.40 Å².